The minimum absolute atomic E-state index is 0.0759. The van der Waals surface area contributed by atoms with Gasteiger partial charge in [0.15, 0.2) is 6.10 Å². The third-order valence-electron chi connectivity index (χ3n) is 4.56. The normalized spacial score (nSPS) is 18.7. The fraction of sp³-hybridized carbons (Fsp3) is 0.556. The largest absolute Gasteiger partial charge is 0.416 e. The second kappa shape index (κ2) is 8.53. The van der Waals surface area contributed by atoms with Gasteiger partial charge in [-0.15, -0.1) is 0 Å². The maximum Gasteiger partial charge on any atom is 0.416 e. The average molecular weight is 372 g/mol. The fourth-order valence-corrected chi connectivity index (χ4v) is 3.14. The van der Waals surface area contributed by atoms with Crippen LogP contribution in [0, 0.1) is 0 Å². The molecule has 5 nitrogen and oxygen atoms in total. The van der Waals surface area contributed by atoms with Gasteiger partial charge in [-0.1, -0.05) is 30.3 Å². The highest BCUT2D eigenvalue weighted by Gasteiger charge is 2.48. The van der Waals surface area contributed by atoms with Gasteiger partial charge < -0.3 is 14.9 Å². The first kappa shape index (κ1) is 20.2. The van der Waals surface area contributed by atoms with E-state index in [1.54, 1.807) is 7.05 Å². The number of benzene rings is 1. The van der Waals surface area contributed by atoms with Crippen molar-refractivity contribution in [2.24, 2.45) is 0 Å². The topological polar surface area (TPSA) is 60.9 Å². The van der Waals surface area contributed by atoms with Crippen LogP contribution in [0.5, 0.6) is 0 Å². The molecule has 26 heavy (non-hydrogen) atoms. The first-order valence-electron chi connectivity index (χ1n) is 8.52. The Morgan fingerprint density at radius 3 is 2.54 bits per heavy atom. The maximum atomic E-state index is 12.7. The Kier molecular flexibility index (Phi) is 6.63. The molecule has 0 saturated carbocycles. The number of hydrogen-bond acceptors (Lipinski definition) is 3. The molecule has 1 aliphatic heterocycles. The Labute approximate surface area is 150 Å². The lowest BCUT2D eigenvalue weighted by Gasteiger charge is -2.30. The molecule has 1 aliphatic rings. The molecule has 1 fully saturated rings. The van der Waals surface area contributed by atoms with Crippen molar-refractivity contribution < 1.29 is 27.9 Å². The predicted molar refractivity (Wildman–Crippen MR) is 88.9 cm³/mol. The number of nitrogens with zero attached hydrogens (tertiary/aromatic N) is 2. The first-order chi connectivity index (χ1) is 12.2. The second-order valence-electron chi connectivity index (χ2n) is 6.52. The number of alkyl halides is 3. The summed E-state index contributed by atoms with van der Waals surface area (Å²) in [5.74, 6) is -0.786. The number of likely N-dealkylation sites (tertiary alicyclic amines) is 1. The van der Waals surface area contributed by atoms with Gasteiger partial charge in [-0.2, -0.15) is 13.2 Å². The van der Waals surface area contributed by atoms with Crippen molar-refractivity contribution in [3.8, 4) is 0 Å². The van der Waals surface area contributed by atoms with Crippen molar-refractivity contribution in [2.45, 2.75) is 50.6 Å². The van der Waals surface area contributed by atoms with Crippen molar-refractivity contribution in [3.63, 3.8) is 0 Å². The molecule has 2 amide bonds. The lowest BCUT2D eigenvalue weighted by Crippen LogP contribution is -2.49. The van der Waals surface area contributed by atoms with E-state index in [0.29, 0.717) is 13.0 Å². The number of rotatable bonds is 6. The summed E-state index contributed by atoms with van der Waals surface area (Å²) < 4.78 is 38.1. The molecule has 0 radical (unpaired) electrons. The lowest BCUT2D eigenvalue weighted by atomic mass is 10.1. The van der Waals surface area contributed by atoms with E-state index in [-0.39, 0.29) is 31.7 Å². The van der Waals surface area contributed by atoms with Crippen LogP contribution in [0.4, 0.5) is 13.2 Å². The van der Waals surface area contributed by atoms with E-state index in [2.05, 4.69) is 0 Å². The number of carbonyl (C=O) groups excluding carboxylic acids is 2. The van der Waals surface area contributed by atoms with Crippen molar-refractivity contribution in [1.82, 2.24) is 9.80 Å². The van der Waals surface area contributed by atoms with E-state index in [0.717, 1.165) is 10.5 Å². The molecule has 1 aromatic carbocycles. The number of halogens is 3. The molecule has 1 saturated heterocycles. The molecule has 1 aromatic rings. The van der Waals surface area contributed by atoms with Crippen LogP contribution in [0.25, 0.3) is 0 Å². The van der Waals surface area contributed by atoms with Crippen LogP contribution in [-0.2, 0) is 16.1 Å². The molecule has 8 heteroatoms. The molecule has 0 bridgehead atoms. The molecule has 144 valence electrons. The molecule has 1 heterocycles. The van der Waals surface area contributed by atoms with E-state index in [9.17, 15) is 27.9 Å². The first-order valence-corrected chi connectivity index (χ1v) is 8.52. The number of aliphatic hydroxyl groups excluding tert-OH is 1. The van der Waals surface area contributed by atoms with Gasteiger partial charge in [-0.3, -0.25) is 9.59 Å². The van der Waals surface area contributed by atoms with Crippen LogP contribution in [0.1, 0.15) is 31.2 Å². The predicted octanol–water partition coefficient (Wildman–Crippen LogP) is 2.34. The van der Waals surface area contributed by atoms with Crippen molar-refractivity contribution >= 4 is 11.8 Å². The molecule has 0 aliphatic carbocycles. The summed E-state index contributed by atoms with van der Waals surface area (Å²) >= 11 is 0. The van der Waals surface area contributed by atoms with Crippen LogP contribution in [0.2, 0.25) is 0 Å². The zero-order chi connectivity index (χ0) is 19.3. The monoisotopic (exact) mass is 372 g/mol. The van der Waals surface area contributed by atoms with Gasteiger partial charge in [0.25, 0.3) is 0 Å². The standard InChI is InChI=1S/C18H23F3N2O3/c1-22(12-13-6-3-2-4-7-13)15(24)9-10-16(25)23-11-5-8-14(23)17(26)18(19,20)21/h2-4,6-7,14,17,26H,5,8-12H2,1H3/t14?,17-/m0/s1. The number of carbonyl (C=O) groups is 2. The van der Waals surface area contributed by atoms with Crippen LogP contribution in [0.15, 0.2) is 30.3 Å². The highest BCUT2D eigenvalue weighted by atomic mass is 19.4. The quantitative estimate of drug-likeness (QED) is 0.834. The van der Waals surface area contributed by atoms with Crippen molar-refractivity contribution in [3.05, 3.63) is 35.9 Å². The Morgan fingerprint density at radius 2 is 1.92 bits per heavy atom. The summed E-state index contributed by atoms with van der Waals surface area (Å²) in [4.78, 5) is 27.0. The molecular weight excluding hydrogens is 349 g/mol. The third kappa shape index (κ3) is 5.20. The summed E-state index contributed by atoms with van der Waals surface area (Å²) in [5.41, 5.74) is 0.947. The molecule has 0 aromatic heterocycles. The molecule has 0 spiro atoms. The molecule has 2 rings (SSSR count). The van der Waals surface area contributed by atoms with E-state index in [1.165, 1.54) is 4.90 Å². The Bertz CT molecular complexity index is 622. The van der Waals surface area contributed by atoms with Gasteiger partial charge in [0, 0.05) is 33.0 Å². The summed E-state index contributed by atoms with van der Waals surface area (Å²) in [7, 11) is 1.62. The molecule has 1 unspecified atom stereocenters. The lowest BCUT2D eigenvalue weighted by molar-refractivity contribution is -0.219. The van der Waals surface area contributed by atoms with Crippen LogP contribution >= 0.6 is 0 Å². The second-order valence-corrected chi connectivity index (χ2v) is 6.52. The Balaban J connectivity index is 1.86. The SMILES string of the molecule is CN(Cc1ccccc1)C(=O)CCC(=O)N1CCCC1[C@H](O)C(F)(F)F. The number of aliphatic hydroxyl groups is 1. The minimum Gasteiger partial charge on any atom is -0.382 e. The van der Waals surface area contributed by atoms with Gasteiger partial charge in [0.05, 0.1) is 6.04 Å². The van der Waals surface area contributed by atoms with Gasteiger partial charge in [0.1, 0.15) is 0 Å². The van der Waals surface area contributed by atoms with E-state index in [1.807, 2.05) is 30.3 Å². The summed E-state index contributed by atoms with van der Waals surface area (Å²) in [6, 6.07) is 8.07. The number of amides is 2. The smallest absolute Gasteiger partial charge is 0.382 e. The fourth-order valence-electron chi connectivity index (χ4n) is 3.14. The Hall–Kier alpha value is -2.09. The Morgan fingerprint density at radius 1 is 1.27 bits per heavy atom. The zero-order valence-electron chi connectivity index (χ0n) is 14.6. The van der Waals surface area contributed by atoms with E-state index < -0.39 is 24.2 Å². The van der Waals surface area contributed by atoms with Gasteiger partial charge in [-0.05, 0) is 18.4 Å². The number of hydrogen-bond donors (Lipinski definition) is 1. The van der Waals surface area contributed by atoms with Crippen LogP contribution in [-0.4, -0.2) is 58.6 Å². The summed E-state index contributed by atoms with van der Waals surface area (Å²) in [6.07, 6.45) is -7.05. The minimum atomic E-state index is -4.76. The van der Waals surface area contributed by atoms with Gasteiger partial charge in [-0.25, -0.2) is 0 Å². The van der Waals surface area contributed by atoms with Crippen LogP contribution < -0.4 is 0 Å². The summed E-state index contributed by atoms with van der Waals surface area (Å²) in [5, 5.41) is 9.44. The zero-order valence-corrected chi connectivity index (χ0v) is 14.6. The molecular formula is C18H23F3N2O3. The average Bonchev–Trinajstić information content (AvgIpc) is 3.08. The van der Waals surface area contributed by atoms with Gasteiger partial charge in [0.2, 0.25) is 11.8 Å². The highest BCUT2D eigenvalue weighted by Crippen LogP contribution is 2.31. The van der Waals surface area contributed by atoms with Gasteiger partial charge >= 0.3 is 6.18 Å². The van der Waals surface area contributed by atoms with Crippen LogP contribution in [0.3, 0.4) is 0 Å². The van der Waals surface area contributed by atoms with E-state index >= 15 is 0 Å². The summed E-state index contributed by atoms with van der Waals surface area (Å²) in [6.45, 7) is 0.567. The third-order valence-corrected chi connectivity index (χ3v) is 4.56. The van der Waals surface area contributed by atoms with E-state index in [4.69, 9.17) is 0 Å². The molecule has 2 atom stereocenters. The molecule has 1 N–H and O–H groups in total. The van der Waals surface area contributed by atoms with Crippen molar-refractivity contribution in [2.75, 3.05) is 13.6 Å². The van der Waals surface area contributed by atoms with Crippen molar-refractivity contribution in [1.29, 1.82) is 0 Å². The highest BCUT2D eigenvalue weighted by molar-refractivity contribution is 5.84. The maximum absolute atomic E-state index is 12.7.